The second kappa shape index (κ2) is 5.37. The lowest BCUT2D eigenvalue weighted by Gasteiger charge is -2.28. The Kier molecular flexibility index (Phi) is 4.27. The van der Waals surface area contributed by atoms with Gasteiger partial charge in [0.15, 0.2) is 5.79 Å². The van der Waals surface area contributed by atoms with Gasteiger partial charge in [-0.05, 0) is 18.5 Å². The lowest BCUT2D eigenvalue weighted by molar-refractivity contribution is -0.158. The molecule has 1 heterocycles. The molecular weight excluding hydrogens is 281 g/mol. The van der Waals surface area contributed by atoms with E-state index in [1.807, 2.05) is 0 Å². The van der Waals surface area contributed by atoms with E-state index in [9.17, 15) is 0 Å². The number of alkyl halides is 1. The van der Waals surface area contributed by atoms with E-state index in [1.165, 1.54) is 0 Å². The molecular formula is C11H10BCl3O2. The monoisotopic (exact) mass is 290 g/mol. The van der Waals surface area contributed by atoms with Crippen LogP contribution in [0.5, 0.6) is 0 Å². The molecule has 1 aliphatic heterocycles. The largest absolute Gasteiger partial charge is 0.344 e. The van der Waals surface area contributed by atoms with Crippen LogP contribution in [0.15, 0.2) is 18.2 Å². The van der Waals surface area contributed by atoms with Crippen LogP contribution in [0.25, 0.3) is 0 Å². The van der Waals surface area contributed by atoms with E-state index in [0.717, 1.165) is 0 Å². The highest BCUT2D eigenvalue weighted by Crippen LogP contribution is 2.41. The molecule has 0 unspecified atom stereocenters. The van der Waals surface area contributed by atoms with Gasteiger partial charge in [0.25, 0.3) is 0 Å². The maximum absolute atomic E-state index is 6.14. The average Bonchev–Trinajstić information content (AvgIpc) is 2.74. The predicted molar refractivity (Wildman–Crippen MR) is 70.2 cm³/mol. The lowest BCUT2D eigenvalue weighted by atomic mass is 9.90. The fraction of sp³-hybridized carbons (Fsp3) is 0.455. The number of ether oxygens (including phenoxy) is 2. The molecule has 2 atom stereocenters. The van der Waals surface area contributed by atoms with Crippen LogP contribution in [0, 0.1) is 0 Å². The van der Waals surface area contributed by atoms with Gasteiger partial charge < -0.3 is 9.47 Å². The minimum Gasteiger partial charge on any atom is -0.344 e. The normalized spacial score (nSPS) is 28.5. The van der Waals surface area contributed by atoms with Crippen molar-refractivity contribution in [1.29, 1.82) is 0 Å². The minimum atomic E-state index is -1.01. The highest BCUT2D eigenvalue weighted by molar-refractivity contribution is 6.35. The van der Waals surface area contributed by atoms with Crippen molar-refractivity contribution in [2.24, 2.45) is 0 Å². The molecule has 0 amide bonds. The zero-order valence-corrected chi connectivity index (χ0v) is 11.2. The third kappa shape index (κ3) is 2.59. The van der Waals surface area contributed by atoms with Gasteiger partial charge in [-0.2, -0.15) is 0 Å². The quantitative estimate of drug-likeness (QED) is 0.628. The Labute approximate surface area is 117 Å². The van der Waals surface area contributed by atoms with Crippen LogP contribution in [0.3, 0.4) is 0 Å². The number of halogens is 3. The van der Waals surface area contributed by atoms with E-state index in [4.69, 9.17) is 52.1 Å². The summed E-state index contributed by atoms with van der Waals surface area (Å²) in [6.07, 6.45) is -0.00572. The van der Waals surface area contributed by atoms with E-state index in [2.05, 4.69) is 0 Å². The number of hydrogen-bond donors (Lipinski definition) is 0. The van der Waals surface area contributed by atoms with Gasteiger partial charge in [0, 0.05) is 10.6 Å². The first-order valence-electron chi connectivity index (χ1n) is 5.14. The minimum absolute atomic E-state index is 0.168. The molecule has 1 aromatic carbocycles. The number of hydrogen-bond acceptors (Lipinski definition) is 2. The molecule has 1 aliphatic rings. The molecule has 2 radical (unpaired) electrons. The molecule has 2 nitrogen and oxygen atoms in total. The van der Waals surface area contributed by atoms with Gasteiger partial charge in [0.05, 0.1) is 31.5 Å². The Hall–Kier alpha value is 0.0749. The maximum atomic E-state index is 6.14. The van der Waals surface area contributed by atoms with E-state index < -0.39 is 5.79 Å². The standard InChI is InChI=1S/C11H10BCl3O2/c12-6-11(16-5-8(4-13)17-11)9-2-1-7(14)3-10(9)15/h1-3,8H,4-6H2/t8-,11+/m1/s1. The Morgan fingerprint density at radius 2 is 2.18 bits per heavy atom. The van der Waals surface area contributed by atoms with Crippen molar-refractivity contribution in [1.82, 2.24) is 0 Å². The van der Waals surface area contributed by atoms with Gasteiger partial charge in [-0.15, -0.1) is 11.6 Å². The number of benzene rings is 1. The van der Waals surface area contributed by atoms with E-state index in [1.54, 1.807) is 18.2 Å². The van der Waals surface area contributed by atoms with Crippen molar-refractivity contribution in [2.75, 3.05) is 12.5 Å². The molecule has 0 spiro atoms. The zero-order chi connectivity index (χ0) is 12.5. The van der Waals surface area contributed by atoms with Gasteiger partial charge >= 0.3 is 0 Å². The number of rotatable bonds is 3. The first-order valence-corrected chi connectivity index (χ1v) is 6.43. The fourth-order valence-electron chi connectivity index (χ4n) is 1.80. The van der Waals surface area contributed by atoms with Gasteiger partial charge in [0.2, 0.25) is 0 Å². The molecule has 0 aromatic heterocycles. The molecule has 17 heavy (non-hydrogen) atoms. The molecule has 0 saturated carbocycles. The summed E-state index contributed by atoms with van der Waals surface area (Å²) in [5.41, 5.74) is 0.679. The van der Waals surface area contributed by atoms with Crippen LogP contribution in [-0.2, 0) is 15.3 Å². The molecule has 0 aliphatic carbocycles. The molecule has 0 bridgehead atoms. The molecule has 1 saturated heterocycles. The summed E-state index contributed by atoms with van der Waals surface area (Å²) in [7, 11) is 5.74. The van der Waals surface area contributed by atoms with E-state index >= 15 is 0 Å². The van der Waals surface area contributed by atoms with E-state index in [0.29, 0.717) is 28.1 Å². The van der Waals surface area contributed by atoms with Crippen molar-refractivity contribution in [3.63, 3.8) is 0 Å². The molecule has 1 fully saturated rings. The van der Waals surface area contributed by atoms with Gasteiger partial charge in [-0.3, -0.25) is 0 Å². The van der Waals surface area contributed by atoms with Crippen LogP contribution >= 0.6 is 34.8 Å². The summed E-state index contributed by atoms with van der Waals surface area (Å²) < 4.78 is 11.4. The SMILES string of the molecule is [B]C[C@]1(c2ccc(Cl)cc2Cl)OC[C@@H](CCl)O1. The van der Waals surface area contributed by atoms with Gasteiger partial charge in [-0.25, -0.2) is 0 Å². The van der Waals surface area contributed by atoms with Crippen LogP contribution in [0.2, 0.25) is 16.4 Å². The molecule has 90 valence electrons. The molecule has 2 rings (SSSR count). The van der Waals surface area contributed by atoms with Crippen molar-refractivity contribution >= 4 is 42.6 Å². The van der Waals surface area contributed by atoms with Gasteiger partial charge in [0.1, 0.15) is 0 Å². The van der Waals surface area contributed by atoms with Crippen molar-refractivity contribution < 1.29 is 9.47 Å². The summed E-state index contributed by atoms with van der Waals surface area (Å²) in [5, 5.41) is 1.02. The Morgan fingerprint density at radius 3 is 2.71 bits per heavy atom. The summed E-state index contributed by atoms with van der Waals surface area (Å²) in [6, 6.07) is 5.12. The second-order valence-electron chi connectivity index (χ2n) is 3.79. The second-order valence-corrected chi connectivity index (χ2v) is 4.94. The third-order valence-electron chi connectivity index (χ3n) is 2.64. The van der Waals surface area contributed by atoms with Crippen molar-refractivity contribution in [3.8, 4) is 0 Å². The smallest absolute Gasteiger partial charge is 0.188 e. The van der Waals surface area contributed by atoms with Gasteiger partial charge in [-0.1, -0.05) is 29.3 Å². The third-order valence-corrected chi connectivity index (χ3v) is 3.53. The molecule has 6 heteroatoms. The first kappa shape index (κ1) is 13.5. The average molecular weight is 291 g/mol. The zero-order valence-electron chi connectivity index (χ0n) is 8.96. The summed E-state index contributed by atoms with van der Waals surface area (Å²) >= 11 is 17.7. The highest BCUT2D eigenvalue weighted by atomic mass is 35.5. The maximum Gasteiger partial charge on any atom is 0.188 e. The fourth-order valence-corrected chi connectivity index (χ4v) is 2.50. The highest BCUT2D eigenvalue weighted by Gasteiger charge is 2.42. The van der Waals surface area contributed by atoms with Crippen LogP contribution < -0.4 is 0 Å². The molecule has 0 N–H and O–H groups in total. The van der Waals surface area contributed by atoms with Crippen molar-refractivity contribution in [3.05, 3.63) is 33.8 Å². The predicted octanol–water partition coefficient (Wildman–Crippen LogP) is 3.39. The van der Waals surface area contributed by atoms with Crippen LogP contribution in [-0.4, -0.2) is 26.4 Å². The summed E-state index contributed by atoms with van der Waals surface area (Å²) in [6.45, 7) is 0.402. The van der Waals surface area contributed by atoms with E-state index in [-0.39, 0.29) is 12.4 Å². The first-order chi connectivity index (χ1) is 8.11. The molecule has 1 aromatic rings. The Morgan fingerprint density at radius 1 is 1.41 bits per heavy atom. The Balaban J connectivity index is 2.35. The Bertz CT molecular complexity index is 416. The topological polar surface area (TPSA) is 18.5 Å². The van der Waals surface area contributed by atoms with Crippen molar-refractivity contribution in [2.45, 2.75) is 18.2 Å². The lowest BCUT2D eigenvalue weighted by Crippen LogP contribution is -2.28. The summed E-state index contributed by atoms with van der Waals surface area (Å²) in [5.74, 6) is -0.659. The van der Waals surface area contributed by atoms with Crippen LogP contribution in [0.4, 0.5) is 0 Å². The van der Waals surface area contributed by atoms with Crippen LogP contribution in [0.1, 0.15) is 5.56 Å². The summed E-state index contributed by atoms with van der Waals surface area (Å²) in [4.78, 5) is 0.